The Hall–Kier alpha value is -1.67. The average molecular weight is 410 g/mol. The predicted octanol–water partition coefficient (Wildman–Crippen LogP) is 4.57. The van der Waals surface area contributed by atoms with Crippen LogP contribution in [0.2, 0.25) is 4.34 Å². The first-order valence-electron chi connectivity index (χ1n) is 8.16. The fourth-order valence-electron chi connectivity index (χ4n) is 2.66. The first-order valence-corrected chi connectivity index (χ1v) is 10.8. The fraction of sp³-hybridized carbons (Fsp3) is 0.278. The number of nitrogens with one attached hydrogen (secondary N) is 1. The lowest BCUT2D eigenvalue weighted by molar-refractivity contribution is 0.446. The molecule has 1 atom stereocenters. The van der Waals surface area contributed by atoms with Crippen LogP contribution in [0.1, 0.15) is 31.1 Å². The molecule has 138 valence electrons. The molecule has 3 rings (SSSR count). The Kier molecular flexibility index (Phi) is 5.53. The molecular formula is C18H20ClN3O2S2. The number of rotatable bonds is 6. The van der Waals surface area contributed by atoms with E-state index in [2.05, 4.69) is 9.82 Å². The average Bonchev–Trinajstić information content (AvgIpc) is 3.22. The van der Waals surface area contributed by atoms with Gasteiger partial charge in [0, 0.05) is 6.20 Å². The summed E-state index contributed by atoms with van der Waals surface area (Å²) in [7, 11) is -3.67. The van der Waals surface area contributed by atoms with E-state index in [1.54, 1.807) is 16.9 Å². The van der Waals surface area contributed by atoms with E-state index in [4.69, 9.17) is 11.6 Å². The number of sulfonamides is 1. The van der Waals surface area contributed by atoms with Crippen LogP contribution < -0.4 is 4.72 Å². The second kappa shape index (κ2) is 7.52. The van der Waals surface area contributed by atoms with Gasteiger partial charge in [-0.1, -0.05) is 43.1 Å². The quantitative estimate of drug-likeness (QED) is 0.648. The van der Waals surface area contributed by atoms with Crippen LogP contribution in [0.15, 0.2) is 52.9 Å². The van der Waals surface area contributed by atoms with E-state index in [0.717, 1.165) is 28.3 Å². The number of aryl methyl sites for hydroxylation is 1. The van der Waals surface area contributed by atoms with Gasteiger partial charge in [-0.2, -0.15) is 5.10 Å². The number of aromatic nitrogens is 2. The molecule has 5 nitrogen and oxygen atoms in total. The van der Waals surface area contributed by atoms with Gasteiger partial charge < -0.3 is 0 Å². The van der Waals surface area contributed by atoms with Gasteiger partial charge in [0.15, 0.2) is 0 Å². The molecule has 1 aromatic carbocycles. The summed E-state index contributed by atoms with van der Waals surface area (Å²) in [4.78, 5) is 0. The zero-order valence-electron chi connectivity index (χ0n) is 14.7. The van der Waals surface area contributed by atoms with Gasteiger partial charge in [0.1, 0.15) is 4.21 Å². The van der Waals surface area contributed by atoms with Gasteiger partial charge in [0.05, 0.1) is 21.8 Å². The molecule has 8 heteroatoms. The molecule has 2 aromatic heterocycles. The SMILES string of the molecule is Cc1ccc(-n2nccc2C(NS(=O)(=O)c2ccc(Cl)s2)C(C)C)cc1. The van der Waals surface area contributed by atoms with E-state index in [0.29, 0.717) is 4.34 Å². The molecule has 0 bridgehead atoms. The summed E-state index contributed by atoms with van der Waals surface area (Å²) in [5, 5.41) is 4.39. The van der Waals surface area contributed by atoms with Crippen molar-refractivity contribution >= 4 is 33.0 Å². The minimum atomic E-state index is -3.67. The number of thiophene rings is 1. The minimum absolute atomic E-state index is 0.0288. The van der Waals surface area contributed by atoms with E-state index >= 15 is 0 Å². The molecule has 1 N–H and O–H groups in total. The summed E-state index contributed by atoms with van der Waals surface area (Å²) in [6, 6.07) is 12.5. The van der Waals surface area contributed by atoms with Crippen molar-refractivity contribution in [1.82, 2.24) is 14.5 Å². The lowest BCUT2D eigenvalue weighted by Crippen LogP contribution is -2.32. The molecule has 0 radical (unpaired) electrons. The van der Waals surface area contributed by atoms with Gasteiger partial charge in [-0.25, -0.2) is 17.8 Å². The molecule has 0 spiro atoms. The number of hydrogen-bond donors (Lipinski definition) is 1. The predicted molar refractivity (Wildman–Crippen MR) is 106 cm³/mol. The Morgan fingerprint density at radius 2 is 1.81 bits per heavy atom. The summed E-state index contributed by atoms with van der Waals surface area (Å²) in [6.07, 6.45) is 1.68. The van der Waals surface area contributed by atoms with Crippen molar-refractivity contribution in [1.29, 1.82) is 0 Å². The highest BCUT2D eigenvalue weighted by molar-refractivity contribution is 7.91. The van der Waals surface area contributed by atoms with Gasteiger partial charge in [-0.05, 0) is 43.2 Å². The third-order valence-electron chi connectivity index (χ3n) is 4.03. The summed E-state index contributed by atoms with van der Waals surface area (Å²) < 4.78 is 30.7. The minimum Gasteiger partial charge on any atom is -0.236 e. The molecule has 3 aromatic rings. The molecule has 0 aliphatic heterocycles. The van der Waals surface area contributed by atoms with Crippen LogP contribution in [0.5, 0.6) is 0 Å². The third kappa shape index (κ3) is 4.01. The van der Waals surface area contributed by atoms with Crippen molar-refractivity contribution in [2.75, 3.05) is 0 Å². The third-order valence-corrected chi connectivity index (χ3v) is 7.20. The van der Waals surface area contributed by atoms with Crippen LogP contribution in [-0.2, 0) is 10.0 Å². The number of nitrogens with zero attached hydrogens (tertiary/aromatic N) is 2. The molecule has 2 heterocycles. The molecule has 0 fully saturated rings. The molecule has 1 unspecified atom stereocenters. The van der Waals surface area contributed by atoms with E-state index in [1.165, 1.54) is 6.07 Å². The summed E-state index contributed by atoms with van der Waals surface area (Å²) in [5.74, 6) is 0.0288. The van der Waals surface area contributed by atoms with Crippen LogP contribution in [0.3, 0.4) is 0 Å². The lowest BCUT2D eigenvalue weighted by atomic mass is 10.0. The molecule has 0 aliphatic rings. The van der Waals surface area contributed by atoms with Crippen molar-refractivity contribution in [2.24, 2.45) is 5.92 Å². The highest BCUT2D eigenvalue weighted by Crippen LogP contribution is 2.30. The molecule has 26 heavy (non-hydrogen) atoms. The van der Waals surface area contributed by atoms with Crippen molar-refractivity contribution < 1.29 is 8.42 Å². The molecule has 0 saturated carbocycles. The monoisotopic (exact) mass is 409 g/mol. The summed E-state index contributed by atoms with van der Waals surface area (Å²) in [5.41, 5.74) is 2.83. The Labute approximate surface area is 162 Å². The highest BCUT2D eigenvalue weighted by atomic mass is 35.5. The van der Waals surface area contributed by atoms with Crippen molar-refractivity contribution in [3.05, 3.63) is 64.3 Å². The maximum Gasteiger partial charge on any atom is 0.250 e. The van der Waals surface area contributed by atoms with Crippen molar-refractivity contribution in [3.8, 4) is 5.69 Å². The molecule has 0 aliphatic carbocycles. The summed E-state index contributed by atoms with van der Waals surface area (Å²) in [6.45, 7) is 5.97. The normalized spacial score (nSPS) is 13.3. The maximum atomic E-state index is 12.8. The van der Waals surface area contributed by atoms with Crippen LogP contribution >= 0.6 is 22.9 Å². The van der Waals surface area contributed by atoms with Crippen molar-refractivity contribution in [3.63, 3.8) is 0 Å². The molecular weight excluding hydrogens is 390 g/mol. The van der Waals surface area contributed by atoms with Crippen LogP contribution in [0.4, 0.5) is 0 Å². The van der Waals surface area contributed by atoms with Gasteiger partial charge in [0.2, 0.25) is 0 Å². The Bertz CT molecular complexity index is 992. The highest BCUT2D eigenvalue weighted by Gasteiger charge is 2.27. The number of halogens is 1. The van der Waals surface area contributed by atoms with Gasteiger partial charge in [0.25, 0.3) is 10.0 Å². The molecule has 0 saturated heterocycles. The standard InChI is InChI=1S/C18H20ClN3O2S2/c1-12(2)18(21-26(23,24)17-9-8-16(19)25-17)15-10-11-20-22(15)14-6-4-13(3)5-7-14/h4-12,18,21H,1-3H3. The summed E-state index contributed by atoms with van der Waals surface area (Å²) >= 11 is 6.94. The first kappa shape index (κ1) is 19.1. The topological polar surface area (TPSA) is 64.0 Å². The Balaban J connectivity index is 1.97. The van der Waals surface area contributed by atoms with Gasteiger partial charge in [-0.15, -0.1) is 11.3 Å². The lowest BCUT2D eigenvalue weighted by Gasteiger charge is -2.23. The fourth-order valence-corrected chi connectivity index (χ4v) is 5.51. The van der Waals surface area contributed by atoms with Crippen LogP contribution in [0, 0.1) is 12.8 Å². The van der Waals surface area contributed by atoms with Crippen LogP contribution in [-0.4, -0.2) is 18.2 Å². The maximum absolute atomic E-state index is 12.8. The van der Waals surface area contributed by atoms with Gasteiger partial charge >= 0.3 is 0 Å². The second-order valence-electron chi connectivity index (χ2n) is 6.40. The van der Waals surface area contributed by atoms with Gasteiger partial charge in [-0.3, -0.25) is 0 Å². The smallest absolute Gasteiger partial charge is 0.236 e. The van der Waals surface area contributed by atoms with E-state index < -0.39 is 16.1 Å². The zero-order valence-corrected chi connectivity index (χ0v) is 17.1. The first-order chi connectivity index (χ1) is 12.3. The number of benzene rings is 1. The largest absolute Gasteiger partial charge is 0.250 e. The second-order valence-corrected chi connectivity index (χ2v) is 10.1. The molecule has 0 amide bonds. The zero-order chi connectivity index (χ0) is 18.9. The van der Waals surface area contributed by atoms with E-state index in [-0.39, 0.29) is 10.1 Å². The van der Waals surface area contributed by atoms with E-state index in [9.17, 15) is 8.42 Å². The Morgan fingerprint density at radius 3 is 2.38 bits per heavy atom. The number of hydrogen-bond acceptors (Lipinski definition) is 4. The van der Waals surface area contributed by atoms with E-state index in [1.807, 2.05) is 51.1 Å². The Morgan fingerprint density at radius 1 is 1.12 bits per heavy atom. The van der Waals surface area contributed by atoms with Crippen LogP contribution in [0.25, 0.3) is 5.69 Å². The van der Waals surface area contributed by atoms with Crippen molar-refractivity contribution in [2.45, 2.75) is 31.0 Å².